The van der Waals surface area contributed by atoms with Gasteiger partial charge in [-0.25, -0.2) is 0 Å². The highest BCUT2D eigenvalue weighted by atomic mass is 19.4. The first kappa shape index (κ1) is 32.3. The van der Waals surface area contributed by atoms with Gasteiger partial charge in [0.15, 0.2) is 5.78 Å². The van der Waals surface area contributed by atoms with Crippen LogP contribution >= 0.6 is 0 Å². The van der Waals surface area contributed by atoms with Crippen LogP contribution in [0.15, 0.2) is 48.7 Å². The van der Waals surface area contributed by atoms with E-state index in [1.54, 1.807) is 37.3 Å². The van der Waals surface area contributed by atoms with Gasteiger partial charge in [-0.1, -0.05) is 45.0 Å². The molecule has 2 aromatic rings. The van der Waals surface area contributed by atoms with E-state index in [-0.39, 0.29) is 18.7 Å². The zero-order valence-electron chi connectivity index (χ0n) is 20.1. The van der Waals surface area contributed by atoms with Crippen LogP contribution in [0.3, 0.4) is 0 Å². The molecule has 5 nitrogen and oxygen atoms in total. The molecule has 1 aromatic carbocycles. The Balaban J connectivity index is 0.000000581. The van der Waals surface area contributed by atoms with Crippen molar-refractivity contribution in [1.82, 2.24) is 4.98 Å². The quantitative estimate of drug-likeness (QED) is 0.182. The molecule has 0 bridgehead atoms. The van der Waals surface area contributed by atoms with E-state index in [0.717, 1.165) is 11.5 Å². The van der Waals surface area contributed by atoms with Crippen molar-refractivity contribution < 1.29 is 40.6 Å². The summed E-state index contributed by atoms with van der Waals surface area (Å²) >= 11 is 0. The van der Waals surface area contributed by atoms with Gasteiger partial charge in [-0.15, -0.1) is 13.2 Å². The molecule has 198 valence electrons. The second-order valence-electron chi connectivity index (χ2n) is 8.06. The van der Waals surface area contributed by atoms with Gasteiger partial charge in [0.2, 0.25) is 0 Å². The van der Waals surface area contributed by atoms with Gasteiger partial charge in [0, 0.05) is 12.6 Å². The number of rotatable bonds is 8. The number of ether oxygens (including phenoxy) is 2. The van der Waals surface area contributed by atoms with E-state index < -0.39 is 37.4 Å². The van der Waals surface area contributed by atoms with Gasteiger partial charge < -0.3 is 10.5 Å². The molecule has 0 fully saturated rings. The fourth-order valence-corrected chi connectivity index (χ4v) is 2.11. The number of nitrogens with zero attached hydrogens (tertiary/aromatic N) is 1. The Labute approximate surface area is 201 Å². The van der Waals surface area contributed by atoms with E-state index in [0.29, 0.717) is 5.75 Å². The Kier molecular flexibility index (Phi) is 14.9. The molecule has 0 saturated heterocycles. The minimum atomic E-state index is -4.85. The molecule has 0 radical (unpaired) electrons. The Bertz CT molecular complexity index is 823. The summed E-state index contributed by atoms with van der Waals surface area (Å²) in [5.74, 6) is 0.844. The molecule has 1 heterocycles. The second kappa shape index (κ2) is 16.1. The van der Waals surface area contributed by atoms with Gasteiger partial charge in [-0.05, 0) is 43.0 Å². The molecule has 1 aromatic heterocycles. The lowest BCUT2D eigenvalue weighted by atomic mass is 10.1. The van der Waals surface area contributed by atoms with Crippen molar-refractivity contribution in [3.63, 3.8) is 0 Å². The highest BCUT2D eigenvalue weighted by Gasteiger charge is 2.33. The van der Waals surface area contributed by atoms with Crippen molar-refractivity contribution in [3.8, 4) is 5.75 Å². The van der Waals surface area contributed by atoms with Crippen molar-refractivity contribution >= 4 is 5.78 Å². The minimum absolute atomic E-state index is 0.00159. The molecule has 11 heteroatoms. The van der Waals surface area contributed by atoms with Gasteiger partial charge in [0.1, 0.15) is 17.7 Å². The molecule has 0 amide bonds. The summed E-state index contributed by atoms with van der Waals surface area (Å²) in [6, 6.07) is 11.9. The van der Waals surface area contributed by atoms with Crippen LogP contribution in [0.5, 0.6) is 5.75 Å². The van der Waals surface area contributed by atoms with Crippen molar-refractivity contribution in [2.45, 2.75) is 65.7 Å². The Morgan fingerprint density at radius 1 is 1.00 bits per heavy atom. The Morgan fingerprint density at radius 3 is 2.03 bits per heavy atom. The number of benzene rings is 1. The summed E-state index contributed by atoms with van der Waals surface area (Å²) in [6.45, 7) is 8.38. The SMILES string of the molecule is CC(C)C.Cc1ccc(C(=O)C[C@@H](N)OC(F)(F)F)nc1.FC(F)(F)CCCOc1ccccc1. The number of ketones is 1. The van der Waals surface area contributed by atoms with Crippen molar-refractivity contribution in [1.29, 1.82) is 0 Å². The monoisotopic (exact) mass is 510 g/mol. The van der Waals surface area contributed by atoms with Crippen molar-refractivity contribution in [2.24, 2.45) is 11.7 Å². The Hall–Kier alpha value is -2.66. The first-order chi connectivity index (χ1) is 16.1. The number of halogens is 6. The summed E-state index contributed by atoms with van der Waals surface area (Å²) < 4.78 is 79.1. The van der Waals surface area contributed by atoms with Crippen LogP contribution in [-0.4, -0.2) is 36.1 Å². The number of hydrogen-bond donors (Lipinski definition) is 1. The number of para-hydroxylation sites is 1. The molecule has 2 N–H and O–H groups in total. The first-order valence-corrected chi connectivity index (χ1v) is 10.8. The van der Waals surface area contributed by atoms with Crippen molar-refractivity contribution in [2.75, 3.05) is 6.61 Å². The fraction of sp³-hybridized carbons (Fsp3) is 0.500. The standard InChI is InChI=1S/C10H11F3N2O2.C10H11F3O.C4H10/c1-6-2-3-7(15-5-6)8(16)4-9(14)17-10(11,12)13;11-10(12,13)7-4-8-14-9-5-2-1-3-6-9;1-4(2)3/h2-3,5,9H,4,14H2,1H3;1-3,5-6H,4,7-8H2;4H,1-3H3/t9-;;/m0../s1. The highest BCUT2D eigenvalue weighted by Crippen LogP contribution is 2.21. The molecule has 35 heavy (non-hydrogen) atoms. The number of hydrogen-bond acceptors (Lipinski definition) is 5. The van der Waals surface area contributed by atoms with E-state index >= 15 is 0 Å². The van der Waals surface area contributed by atoms with Crippen LogP contribution in [0.2, 0.25) is 0 Å². The maximum atomic E-state index is 11.8. The molecule has 0 spiro atoms. The smallest absolute Gasteiger partial charge is 0.494 e. The molecule has 0 saturated carbocycles. The lowest BCUT2D eigenvalue weighted by Gasteiger charge is -2.13. The molecular weight excluding hydrogens is 478 g/mol. The zero-order chi connectivity index (χ0) is 27.1. The van der Waals surface area contributed by atoms with Crippen LogP contribution in [-0.2, 0) is 4.74 Å². The number of aromatic nitrogens is 1. The maximum Gasteiger partial charge on any atom is 0.524 e. The summed E-state index contributed by atoms with van der Waals surface area (Å²) in [4.78, 5) is 15.2. The van der Waals surface area contributed by atoms with E-state index in [9.17, 15) is 31.1 Å². The maximum absolute atomic E-state index is 11.8. The molecule has 0 aliphatic rings. The van der Waals surface area contributed by atoms with E-state index in [4.69, 9.17) is 10.5 Å². The number of Topliss-reactive ketones (excluding diaryl/α,β-unsaturated/α-hetero) is 1. The number of nitrogens with two attached hydrogens (primary N) is 1. The summed E-state index contributed by atoms with van der Waals surface area (Å²) in [5, 5.41) is 0. The average Bonchev–Trinajstić information content (AvgIpc) is 2.70. The van der Waals surface area contributed by atoms with Gasteiger partial charge in [0.25, 0.3) is 0 Å². The molecular formula is C24H32F6N2O3. The number of carbonyl (C=O) groups excluding carboxylic acids is 1. The summed E-state index contributed by atoms with van der Waals surface area (Å²) in [7, 11) is 0. The van der Waals surface area contributed by atoms with Crippen LogP contribution in [0.25, 0.3) is 0 Å². The van der Waals surface area contributed by atoms with E-state index in [1.807, 2.05) is 6.07 Å². The number of carbonyl (C=O) groups is 1. The number of alkyl halides is 6. The predicted molar refractivity (Wildman–Crippen MR) is 121 cm³/mol. The molecule has 0 unspecified atom stereocenters. The van der Waals surface area contributed by atoms with Crippen LogP contribution < -0.4 is 10.5 Å². The highest BCUT2D eigenvalue weighted by molar-refractivity contribution is 5.94. The normalized spacial score (nSPS) is 12.1. The predicted octanol–water partition coefficient (Wildman–Crippen LogP) is 6.85. The van der Waals surface area contributed by atoms with Gasteiger partial charge >= 0.3 is 12.5 Å². The lowest BCUT2D eigenvalue weighted by molar-refractivity contribution is -0.341. The largest absolute Gasteiger partial charge is 0.524 e. The van der Waals surface area contributed by atoms with Crippen LogP contribution in [0.4, 0.5) is 26.3 Å². The van der Waals surface area contributed by atoms with Gasteiger partial charge in [-0.3, -0.25) is 14.5 Å². The fourth-order valence-electron chi connectivity index (χ4n) is 2.11. The number of pyridine rings is 1. The third kappa shape index (κ3) is 20.4. The van der Waals surface area contributed by atoms with Gasteiger partial charge in [-0.2, -0.15) is 13.2 Å². The Morgan fingerprint density at radius 2 is 1.57 bits per heavy atom. The molecule has 2 rings (SSSR count). The van der Waals surface area contributed by atoms with Gasteiger partial charge in [0.05, 0.1) is 13.0 Å². The number of aryl methyl sites for hydroxylation is 1. The summed E-state index contributed by atoms with van der Waals surface area (Å²) in [6.07, 6.45) is -10.6. The zero-order valence-corrected chi connectivity index (χ0v) is 20.1. The average molecular weight is 511 g/mol. The topological polar surface area (TPSA) is 74.4 Å². The molecule has 0 aliphatic heterocycles. The van der Waals surface area contributed by atoms with Crippen LogP contribution in [0, 0.1) is 12.8 Å². The lowest BCUT2D eigenvalue weighted by Crippen LogP contribution is -2.33. The minimum Gasteiger partial charge on any atom is -0.494 e. The van der Waals surface area contributed by atoms with E-state index in [2.05, 4.69) is 30.5 Å². The molecule has 0 aliphatic carbocycles. The van der Waals surface area contributed by atoms with Crippen molar-refractivity contribution in [3.05, 3.63) is 59.9 Å². The first-order valence-electron chi connectivity index (χ1n) is 10.8. The van der Waals surface area contributed by atoms with Crippen LogP contribution in [0.1, 0.15) is 56.1 Å². The third-order valence-electron chi connectivity index (χ3n) is 3.49. The molecule has 1 atom stereocenters. The van der Waals surface area contributed by atoms with E-state index in [1.165, 1.54) is 12.3 Å². The summed E-state index contributed by atoms with van der Waals surface area (Å²) in [5.41, 5.74) is 5.95. The second-order valence-corrected chi connectivity index (χ2v) is 8.06. The third-order valence-corrected chi connectivity index (χ3v) is 3.49.